The van der Waals surface area contributed by atoms with Crippen molar-refractivity contribution in [2.45, 2.75) is 13.8 Å². The number of aryl methyl sites for hydroxylation is 1. The van der Waals surface area contributed by atoms with Gasteiger partial charge < -0.3 is 26.0 Å². The fraction of sp³-hybridized carbons (Fsp3) is 0.188. The highest BCUT2D eigenvalue weighted by molar-refractivity contribution is 6.10. The Labute approximate surface area is 136 Å². The summed E-state index contributed by atoms with van der Waals surface area (Å²) in [4.78, 5) is 35.1. The normalized spacial score (nSPS) is 19.2. The highest BCUT2D eigenvalue weighted by atomic mass is 16.5. The lowest BCUT2D eigenvalue weighted by Gasteiger charge is -2.32. The van der Waals surface area contributed by atoms with E-state index in [1.165, 1.54) is 6.07 Å². The van der Waals surface area contributed by atoms with Crippen LogP contribution in [-0.2, 0) is 9.59 Å². The fourth-order valence-electron chi connectivity index (χ4n) is 2.79. The van der Waals surface area contributed by atoms with E-state index < -0.39 is 34.9 Å². The van der Waals surface area contributed by atoms with Crippen molar-refractivity contribution in [2.75, 3.05) is 5.32 Å². The van der Waals surface area contributed by atoms with E-state index in [2.05, 4.69) is 5.32 Å². The van der Waals surface area contributed by atoms with Crippen molar-refractivity contribution >= 4 is 23.4 Å². The van der Waals surface area contributed by atoms with Crippen LogP contribution in [0.5, 0.6) is 5.75 Å². The van der Waals surface area contributed by atoms with Crippen LogP contribution in [0.25, 0.3) is 0 Å². The van der Waals surface area contributed by atoms with Gasteiger partial charge in [-0.2, -0.15) is 0 Å². The number of ether oxygens (including phenoxy) is 1. The molecule has 0 amide bonds. The van der Waals surface area contributed by atoms with Crippen LogP contribution in [0.3, 0.4) is 0 Å². The van der Waals surface area contributed by atoms with E-state index >= 15 is 0 Å². The van der Waals surface area contributed by atoms with Gasteiger partial charge in [-0.25, -0.2) is 9.59 Å². The molecule has 1 atom stereocenters. The third-order valence-corrected chi connectivity index (χ3v) is 4.08. The minimum atomic E-state index is -1.40. The molecule has 8 heteroatoms. The van der Waals surface area contributed by atoms with Crippen molar-refractivity contribution in [1.29, 1.82) is 0 Å². The molecule has 1 aliphatic carbocycles. The maximum absolute atomic E-state index is 12.2. The first-order valence-electron chi connectivity index (χ1n) is 7.07. The predicted molar refractivity (Wildman–Crippen MR) is 82.4 cm³/mol. The summed E-state index contributed by atoms with van der Waals surface area (Å²) in [7, 11) is 0. The van der Waals surface area contributed by atoms with E-state index in [-0.39, 0.29) is 28.5 Å². The summed E-state index contributed by atoms with van der Waals surface area (Å²) >= 11 is 0. The van der Waals surface area contributed by atoms with Crippen LogP contribution in [0, 0.1) is 12.8 Å². The zero-order valence-corrected chi connectivity index (χ0v) is 12.8. The number of ketones is 1. The number of carboxylic acids is 2. The van der Waals surface area contributed by atoms with Crippen molar-refractivity contribution < 1.29 is 29.3 Å². The van der Waals surface area contributed by atoms with Gasteiger partial charge >= 0.3 is 11.9 Å². The van der Waals surface area contributed by atoms with Gasteiger partial charge in [-0.1, -0.05) is 6.07 Å². The van der Waals surface area contributed by atoms with Gasteiger partial charge in [0, 0.05) is 0 Å². The van der Waals surface area contributed by atoms with Crippen LogP contribution < -0.4 is 15.8 Å². The molecule has 1 aromatic rings. The number of benzene rings is 1. The molecule has 0 radical (unpaired) electrons. The first-order valence-corrected chi connectivity index (χ1v) is 7.07. The average Bonchev–Trinajstić information content (AvgIpc) is 2.51. The van der Waals surface area contributed by atoms with E-state index in [0.29, 0.717) is 5.56 Å². The molecule has 0 bridgehead atoms. The zero-order chi connectivity index (χ0) is 17.8. The minimum absolute atomic E-state index is 0.00713. The number of allylic oxidation sites excluding steroid dienone is 2. The Morgan fingerprint density at radius 2 is 1.92 bits per heavy atom. The Hall–Kier alpha value is -3.29. The SMILES string of the molecule is Cc1ccc(C(=O)O)c2c1OC1=C(N2)C(C(=O)O)=C(N)C(=O)C1C. The smallest absolute Gasteiger partial charge is 0.340 e. The summed E-state index contributed by atoms with van der Waals surface area (Å²) in [5, 5.41) is 21.5. The molecule has 0 spiro atoms. The summed E-state index contributed by atoms with van der Waals surface area (Å²) in [6.45, 7) is 3.27. The van der Waals surface area contributed by atoms with E-state index in [9.17, 15) is 24.6 Å². The molecule has 1 unspecified atom stereocenters. The highest BCUT2D eigenvalue weighted by Crippen LogP contribution is 2.43. The van der Waals surface area contributed by atoms with Crippen molar-refractivity contribution in [3.05, 3.63) is 46.0 Å². The number of hydrogen-bond acceptors (Lipinski definition) is 6. The largest absolute Gasteiger partial charge is 0.478 e. The molecule has 1 aromatic carbocycles. The maximum Gasteiger partial charge on any atom is 0.340 e. The third-order valence-electron chi connectivity index (χ3n) is 4.08. The Balaban J connectivity index is 2.25. The van der Waals surface area contributed by atoms with E-state index in [1.807, 2.05) is 0 Å². The molecule has 24 heavy (non-hydrogen) atoms. The number of nitrogens with two attached hydrogens (primary N) is 1. The van der Waals surface area contributed by atoms with Crippen LogP contribution >= 0.6 is 0 Å². The summed E-state index contributed by atoms with van der Waals surface area (Å²) < 4.78 is 5.75. The molecule has 0 saturated heterocycles. The summed E-state index contributed by atoms with van der Waals surface area (Å²) in [5.74, 6) is -3.56. The molecule has 0 aromatic heterocycles. The zero-order valence-electron chi connectivity index (χ0n) is 12.8. The fourth-order valence-corrected chi connectivity index (χ4v) is 2.79. The summed E-state index contributed by atoms with van der Waals surface area (Å²) in [5.41, 5.74) is 5.57. The molecule has 2 aliphatic rings. The molecule has 0 saturated carbocycles. The monoisotopic (exact) mass is 330 g/mol. The number of aliphatic carboxylic acids is 1. The van der Waals surface area contributed by atoms with Crippen molar-refractivity contribution in [1.82, 2.24) is 0 Å². The lowest BCUT2D eigenvalue weighted by atomic mass is 9.88. The average molecular weight is 330 g/mol. The second-order valence-corrected chi connectivity index (χ2v) is 5.59. The predicted octanol–water partition coefficient (Wildman–Crippen LogP) is 1.23. The highest BCUT2D eigenvalue weighted by Gasteiger charge is 2.40. The number of carbonyl (C=O) groups is 3. The lowest BCUT2D eigenvalue weighted by Crippen LogP contribution is -2.36. The molecule has 0 fully saturated rings. The number of Topliss-reactive ketones (excluding diaryl/α,β-unsaturated/α-hetero) is 1. The number of carboxylic acid groups (broad SMARTS) is 2. The van der Waals surface area contributed by atoms with Crippen LogP contribution in [0.15, 0.2) is 34.9 Å². The van der Waals surface area contributed by atoms with Gasteiger partial charge in [-0.15, -0.1) is 0 Å². The van der Waals surface area contributed by atoms with E-state index in [1.54, 1.807) is 19.9 Å². The first-order chi connectivity index (χ1) is 11.2. The third kappa shape index (κ3) is 2.03. The number of fused-ring (bicyclic) bond motifs is 1. The quantitative estimate of drug-likeness (QED) is 0.635. The van der Waals surface area contributed by atoms with Gasteiger partial charge in [0.25, 0.3) is 0 Å². The second-order valence-electron chi connectivity index (χ2n) is 5.59. The number of anilines is 1. The van der Waals surface area contributed by atoms with Gasteiger partial charge in [-0.3, -0.25) is 4.79 Å². The number of aromatic carboxylic acids is 1. The van der Waals surface area contributed by atoms with Crippen molar-refractivity contribution in [3.8, 4) is 5.75 Å². The van der Waals surface area contributed by atoms with Crippen LogP contribution in [0.1, 0.15) is 22.8 Å². The standard InChI is InChI=1S/C16H14N2O6/c1-5-3-4-7(15(20)21)10-13(5)24-14-6(2)12(19)9(17)8(16(22)23)11(14)18-10/h3-4,6,18H,17H2,1-2H3,(H,20,21)(H,22,23). The van der Waals surface area contributed by atoms with Crippen molar-refractivity contribution in [3.63, 3.8) is 0 Å². The summed E-state index contributed by atoms with van der Waals surface area (Å²) in [6.07, 6.45) is 0. The maximum atomic E-state index is 12.2. The Kier molecular flexibility index (Phi) is 3.33. The van der Waals surface area contributed by atoms with Gasteiger partial charge in [0.1, 0.15) is 11.3 Å². The number of nitrogens with one attached hydrogen (secondary N) is 1. The van der Waals surface area contributed by atoms with Crippen LogP contribution in [-0.4, -0.2) is 27.9 Å². The lowest BCUT2D eigenvalue weighted by molar-refractivity contribution is -0.133. The molecule has 124 valence electrons. The summed E-state index contributed by atoms with van der Waals surface area (Å²) in [6, 6.07) is 2.97. The van der Waals surface area contributed by atoms with Crippen molar-refractivity contribution in [2.24, 2.45) is 11.7 Å². The van der Waals surface area contributed by atoms with Crippen LogP contribution in [0.4, 0.5) is 5.69 Å². The van der Waals surface area contributed by atoms with E-state index in [4.69, 9.17) is 10.5 Å². The Morgan fingerprint density at radius 1 is 1.25 bits per heavy atom. The van der Waals surface area contributed by atoms with Gasteiger partial charge in [0.15, 0.2) is 11.5 Å². The Morgan fingerprint density at radius 3 is 2.50 bits per heavy atom. The van der Waals surface area contributed by atoms with E-state index in [0.717, 1.165) is 0 Å². The molecular formula is C16H14N2O6. The number of carbonyl (C=O) groups excluding carboxylic acids is 1. The van der Waals surface area contributed by atoms with Crippen LogP contribution in [0.2, 0.25) is 0 Å². The number of rotatable bonds is 2. The molecule has 8 nitrogen and oxygen atoms in total. The second kappa shape index (κ2) is 5.12. The molecule has 1 heterocycles. The van der Waals surface area contributed by atoms with Gasteiger partial charge in [0.2, 0.25) is 0 Å². The topological polar surface area (TPSA) is 139 Å². The van der Waals surface area contributed by atoms with Gasteiger partial charge in [-0.05, 0) is 25.5 Å². The number of hydrogen-bond donors (Lipinski definition) is 4. The first kappa shape index (κ1) is 15.6. The minimum Gasteiger partial charge on any atom is -0.478 e. The molecule has 5 N–H and O–H groups in total. The molecule has 1 aliphatic heterocycles. The molecule has 3 rings (SSSR count). The van der Waals surface area contributed by atoms with Gasteiger partial charge in [0.05, 0.1) is 28.6 Å². The molecular weight excluding hydrogens is 316 g/mol. The Bertz CT molecular complexity index is 881.